The number of rotatable bonds is 5. The average molecular weight is 326 g/mol. The molecule has 1 heterocycles. The normalized spacial score (nSPS) is 12.6. The van der Waals surface area contributed by atoms with Gasteiger partial charge >= 0.3 is 0 Å². The van der Waals surface area contributed by atoms with Gasteiger partial charge in [-0.2, -0.15) is 5.10 Å². The van der Waals surface area contributed by atoms with Gasteiger partial charge in [0.1, 0.15) is 5.82 Å². The fourth-order valence-electron chi connectivity index (χ4n) is 2.19. The molecule has 3 nitrogen and oxygen atoms in total. The summed E-state index contributed by atoms with van der Waals surface area (Å²) in [7, 11) is 3.83. The van der Waals surface area contributed by atoms with Crippen LogP contribution in [0.2, 0.25) is 0 Å². The Morgan fingerprint density at radius 2 is 2.21 bits per heavy atom. The molecule has 2 rings (SSSR count). The van der Waals surface area contributed by atoms with E-state index in [0.717, 1.165) is 22.9 Å². The molecule has 0 aliphatic heterocycles. The average Bonchev–Trinajstić information content (AvgIpc) is 2.75. The van der Waals surface area contributed by atoms with Crippen molar-refractivity contribution in [2.75, 3.05) is 7.05 Å². The van der Waals surface area contributed by atoms with Gasteiger partial charge in [0, 0.05) is 29.5 Å². The van der Waals surface area contributed by atoms with Crippen LogP contribution in [0.5, 0.6) is 0 Å². The zero-order chi connectivity index (χ0) is 13.8. The van der Waals surface area contributed by atoms with Gasteiger partial charge in [0.25, 0.3) is 0 Å². The highest BCUT2D eigenvalue weighted by molar-refractivity contribution is 9.10. The Balaban J connectivity index is 2.09. The smallest absolute Gasteiger partial charge is 0.124 e. The molecule has 0 aliphatic carbocycles. The van der Waals surface area contributed by atoms with E-state index in [1.54, 1.807) is 12.3 Å². The summed E-state index contributed by atoms with van der Waals surface area (Å²) in [5.41, 5.74) is 2.13. The van der Waals surface area contributed by atoms with Gasteiger partial charge in [0.2, 0.25) is 0 Å². The topological polar surface area (TPSA) is 29.9 Å². The fraction of sp³-hybridized carbons (Fsp3) is 0.357. The number of halogens is 2. The van der Waals surface area contributed by atoms with Crippen LogP contribution < -0.4 is 5.32 Å². The van der Waals surface area contributed by atoms with Crippen molar-refractivity contribution in [1.29, 1.82) is 0 Å². The highest BCUT2D eigenvalue weighted by Crippen LogP contribution is 2.23. The number of nitrogens with one attached hydrogen (secondary N) is 1. The summed E-state index contributed by atoms with van der Waals surface area (Å²) in [6.07, 6.45) is 3.59. The lowest BCUT2D eigenvalue weighted by Gasteiger charge is -2.17. The Kier molecular flexibility index (Phi) is 4.71. The zero-order valence-electron chi connectivity index (χ0n) is 11.0. The number of nitrogens with zero attached hydrogens (tertiary/aromatic N) is 2. The van der Waals surface area contributed by atoms with Crippen LogP contribution in [-0.4, -0.2) is 16.8 Å². The Bertz CT molecular complexity index is 533. The fourth-order valence-corrected chi connectivity index (χ4v) is 2.68. The van der Waals surface area contributed by atoms with Crippen molar-refractivity contribution >= 4 is 15.9 Å². The molecule has 0 bridgehead atoms. The van der Waals surface area contributed by atoms with Crippen LogP contribution in [0.1, 0.15) is 23.7 Å². The lowest BCUT2D eigenvalue weighted by molar-refractivity contribution is 0.530. The van der Waals surface area contributed by atoms with Crippen LogP contribution in [0.15, 0.2) is 34.9 Å². The second-order valence-electron chi connectivity index (χ2n) is 4.53. The molecular formula is C14H17BrFN3. The minimum absolute atomic E-state index is 0.127. The van der Waals surface area contributed by atoms with Gasteiger partial charge in [-0.25, -0.2) is 4.39 Å². The lowest BCUT2D eigenvalue weighted by atomic mass is 10.0. The molecule has 0 spiro atoms. The molecule has 0 saturated heterocycles. The molecule has 1 unspecified atom stereocenters. The standard InChI is InChI=1S/C14H17BrFN3/c1-17-14(4-3-13-5-6-18-19(13)2)10-7-11(15)9-12(16)8-10/h5-9,14,17H,3-4H2,1-2H3. The molecule has 5 heteroatoms. The number of hydrogen-bond acceptors (Lipinski definition) is 2. The largest absolute Gasteiger partial charge is 0.313 e. The molecule has 1 N–H and O–H groups in total. The van der Waals surface area contributed by atoms with E-state index in [2.05, 4.69) is 26.3 Å². The molecule has 0 radical (unpaired) electrons. The first-order chi connectivity index (χ1) is 9.10. The first kappa shape index (κ1) is 14.2. The van der Waals surface area contributed by atoms with Gasteiger partial charge in [0.05, 0.1) is 0 Å². The molecule has 1 atom stereocenters. The van der Waals surface area contributed by atoms with Gasteiger partial charge in [-0.3, -0.25) is 4.68 Å². The van der Waals surface area contributed by atoms with E-state index in [1.807, 2.05) is 30.9 Å². The molecule has 102 valence electrons. The van der Waals surface area contributed by atoms with Crippen LogP contribution in [0.4, 0.5) is 4.39 Å². The third-order valence-electron chi connectivity index (χ3n) is 3.25. The van der Waals surface area contributed by atoms with E-state index in [4.69, 9.17) is 0 Å². The van der Waals surface area contributed by atoms with Gasteiger partial charge in [-0.05, 0) is 49.7 Å². The second-order valence-corrected chi connectivity index (χ2v) is 5.44. The molecule has 1 aromatic heterocycles. The van der Waals surface area contributed by atoms with Crippen LogP contribution >= 0.6 is 15.9 Å². The van der Waals surface area contributed by atoms with E-state index < -0.39 is 0 Å². The van der Waals surface area contributed by atoms with E-state index in [9.17, 15) is 4.39 Å². The SMILES string of the molecule is CNC(CCc1ccnn1C)c1cc(F)cc(Br)c1. The van der Waals surface area contributed by atoms with Gasteiger partial charge in [0.15, 0.2) is 0 Å². The number of aryl methyl sites for hydroxylation is 2. The highest BCUT2D eigenvalue weighted by Gasteiger charge is 2.12. The minimum Gasteiger partial charge on any atom is -0.313 e. The zero-order valence-corrected chi connectivity index (χ0v) is 12.6. The van der Waals surface area contributed by atoms with Crippen molar-refractivity contribution in [2.24, 2.45) is 7.05 Å². The third-order valence-corrected chi connectivity index (χ3v) is 3.71. The van der Waals surface area contributed by atoms with Crippen LogP contribution in [0.25, 0.3) is 0 Å². The van der Waals surface area contributed by atoms with E-state index in [-0.39, 0.29) is 11.9 Å². The molecule has 0 amide bonds. The Morgan fingerprint density at radius 1 is 1.42 bits per heavy atom. The molecule has 0 aliphatic rings. The molecule has 0 saturated carbocycles. The maximum absolute atomic E-state index is 13.4. The van der Waals surface area contributed by atoms with Crippen LogP contribution in [-0.2, 0) is 13.5 Å². The molecule has 19 heavy (non-hydrogen) atoms. The molecular weight excluding hydrogens is 309 g/mol. The molecule has 2 aromatic rings. The van der Waals surface area contributed by atoms with Crippen molar-refractivity contribution in [3.63, 3.8) is 0 Å². The third kappa shape index (κ3) is 3.64. The first-order valence-corrected chi connectivity index (χ1v) is 6.99. The van der Waals surface area contributed by atoms with Gasteiger partial charge in [-0.1, -0.05) is 15.9 Å². The Labute approximate surface area is 121 Å². The molecule has 1 aromatic carbocycles. The number of hydrogen-bond donors (Lipinski definition) is 1. The van der Waals surface area contributed by atoms with Gasteiger partial charge < -0.3 is 5.32 Å². The predicted molar refractivity (Wildman–Crippen MR) is 77.4 cm³/mol. The van der Waals surface area contributed by atoms with Crippen molar-refractivity contribution in [3.8, 4) is 0 Å². The Morgan fingerprint density at radius 3 is 2.79 bits per heavy atom. The maximum Gasteiger partial charge on any atom is 0.124 e. The summed E-state index contributed by atoms with van der Waals surface area (Å²) in [5, 5.41) is 7.39. The van der Waals surface area contributed by atoms with Crippen molar-refractivity contribution in [2.45, 2.75) is 18.9 Å². The highest BCUT2D eigenvalue weighted by atomic mass is 79.9. The second kappa shape index (κ2) is 6.30. The van der Waals surface area contributed by atoms with Crippen molar-refractivity contribution < 1.29 is 4.39 Å². The van der Waals surface area contributed by atoms with E-state index in [1.165, 1.54) is 11.8 Å². The van der Waals surface area contributed by atoms with Crippen LogP contribution in [0, 0.1) is 5.82 Å². The monoisotopic (exact) mass is 325 g/mol. The van der Waals surface area contributed by atoms with Gasteiger partial charge in [-0.15, -0.1) is 0 Å². The summed E-state index contributed by atoms with van der Waals surface area (Å²) in [5.74, 6) is -0.217. The van der Waals surface area contributed by atoms with Crippen molar-refractivity contribution in [1.82, 2.24) is 15.1 Å². The summed E-state index contributed by atoms with van der Waals surface area (Å²) in [6, 6.07) is 7.13. The summed E-state index contributed by atoms with van der Waals surface area (Å²) < 4.78 is 16.1. The lowest BCUT2D eigenvalue weighted by Crippen LogP contribution is -2.18. The Hall–Kier alpha value is -1.20. The number of benzene rings is 1. The van der Waals surface area contributed by atoms with Crippen molar-refractivity contribution in [3.05, 3.63) is 52.0 Å². The summed E-state index contributed by atoms with van der Waals surface area (Å²) in [6.45, 7) is 0. The minimum atomic E-state index is -0.217. The quantitative estimate of drug-likeness (QED) is 0.914. The van der Waals surface area contributed by atoms with Crippen LogP contribution in [0.3, 0.4) is 0 Å². The van der Waals surface area contributed by atoms with E-state index >= 15 is 0 Å². The predicted octanol–water partition coefficient (Wildman–Crippen LogP) is 3.22. The maximum atomic E-state index is 13.4. The summed E-state index contributed by atoms with van der Waals surface area (Å²) in [4.78, 5) is 0. The number of aromatic nitrogens is 2. The molecule has 0 fully saturated rings. The summed E-state index contributed by atoms with van der Waals surface area (Å²) >= 11 is 3.33. The van der Waals surface area contributed by atoms with E-state index in [0.29, 0.717) is 0 Å². The first-order valence-electron chi connectivity index (χ1n) is 6.20.